The summed E-state index contributed by atoms with van der Waals surface area (Å²) < 4.78 is 0. The molecule has 1 aromatic carbocycles. The zero-order chi connectivity index (χ0) is 13.0. The summed E-state index contributed by atoms with van der Waals surface area (Å²) >= 11 is 0. The Balaban J connectivity index is 1.99. The highest BCUT2D eigenvalue weighted by Crippen LogP contribution is 2.14. The van der Waals surface area contributed by atoms with E-state index in [1.54, 1.807) is 6.20 Å². The number of H-pyrrole nitrogens is 1. The summed E-state index contributed by atoms with van der Waals surface area (Å²) in [7, 11) is 0. The summed E-state index contributed by atoms with van der Waals surface area (Å²) in [5, 5.41) is 3.54. The highest BCUT2D eigenvalue weighted by atomic mass is 15.0. The van der Waals surface area contributed by atoms with Crippen molar-refractivity contribution in [2.45, 2.75) is 39.8 Å². The molecule has 0 aliphatic heterocycles. The van der Waals surface area contributed by atoms with Gasteiger partial charge in [-0.1, -0.05) is 25.1 Å². The van der Waals surface area contributed by atoms with E-state index in [-0.39, 0.29) is 0 Å². The van der Waals surface area contributed by atoms with E-state index >= 15 is 0 Å². The van der Waals surface area contributed by atoms with Gasteiger partial charge in [0.05, 0.1) is 6.04 Å². The quantitative estimate of drug-likeness (QED) is 0.846. The lowest BCUT2D eigenvalue weighted by Crippen LogP contribution is -2.21. The first-order chi connectivity index (χ1) is 8.70. The Bertz CT molecular complexity index is 488. The molecule has 0 saturated carbocycles. The minimum atomic E-state index is 0.293. The molecule has 2 N–H and O–H groups in total. The Labute approximate surface area is 109 Å². The number of nitrogens with one attached hydrogen (secondary N) is 2. The molecule has 0 fully saturated rings. The van der Waals surface area contributed by atoms with Crippen LogP contribution in [0.1, 0.15) is 41.9 Å². The second-order valence-corrected chi connectivity index (χ2v) is 4.73. The lowest BCUT2D eigenvalue weighted by molar-refractivity contribution is 0.498. The van der Waals surface area contributed by atoms with Crippen LogP contribution < -0.4 is 5.32 Å². The van der Waals surface area contributed by atoms with Crippen LogP contribution in [0.4, 0.5) is 0 Å². The Morgan fingerprint density at radius 2 is 2.11 bits per heavy atom. The van der Waals surface area contributed by atoms with E-state index < -0.39 is 0 Å². The van der Waals surface area contributed by atoms with Gasteiger partial charge in [-0.05, 0) is 37.0 Å². The number of imidazole rings is 1. The first-order valence-corrected chi connectivity index (χ1v) is 6.49. The van der Waals surface area contributed by atoms with Crippen LogP contribution >= 0.6 is 0 Å². The van der Waals surface area contributed by atoms with Crippen LogP contribution in [-0.4, -0.2) is 9.97 Å². The molecule has 1 unspecified atom stereocenters. The third-order valence-electron chi connectivity index (χ3n) is 3.38. The van der Waals surface area contributed by atoms with Gasteiger partial charge >= 0.3 is 0 Å². The Morgan fingerprint density at radius 3 is 2.72 bits per heavy atom. The molecule has 0 amide bonds. The molecular weight excluding hydrogens is 222 g/mol. The van der Waals surface area contributed by atoms with Gasteiger partial charge in [-0.2, -0.15) is 0 Å². The molecule has 2 aromatic rings. The van der Waals surface area contributed by atoms with E-state index in [2.05, 4.69) is 54.3 Å². The first-order valence-electron chi connectivity index (χ1n) is 6.49. The number of aromatic amines is 1. The predicted molar refractivity (Wildman–Crippen MR) is 74.4 cm³/mol. The summed E-state index contributed by atoms with van der Waals surface area (Å²) in [6.07, 6.45) is 4.70. The molecule has 0 spiro atoms. The van der Waals surface area contributed by atoms with Crippen LogP contribution in [0.3, 0.4) is 0 Å². The SMILES string of the molecule is CCC(NCc1ccc(C)c(C)c1)c1ncc[nH]1. The molecule has 18 heavy (non-hydrogen) atoms. The Hall–Kier alpha value is -1.61. The molecule has 0 radical (unpaired) electrons. The number of nitrogens with zero attached hydrogens (tertiary/aromatic N) is 1. The summed E-state index contributed by atoms with van der Waals surface area (Å²) in [5.74, 6) is 1.02. The molecule has 0 aliphatic carbocycles. The number of aryl methyl sites for hydroxylation is 2. The van der Waals surface area contributed by atoms with Gasteiger partial charge < -0.3 is 10.3 Å². The van der Waals surface area contributed by atoms with Crippen LogP contribution in [0.5, 0.6) is 0 Å². The van der Waals surface area contributed by atoms with Crippen LogP contribution in [0.2, 0.25) is 0 Å². The molecule has 3 heteroatoms. The van der Waals surface area contributed by atoms with Gasteiger partial charge in [-0.3, -0.25) is 0 Å². The topological polar surface area (TPSA) is 40.7 Å². The summed E-state index contributed by atoms with van der Waals surface area (Å²) in [6.45, 7) is 7.34. The maximum Gasteiger partial charge on any atom is 0.123 e. The van der Waals surface area contributed by atoms with Gasteiger partial charge in [0.15, 0.2) is 0 Å². The minimum Gasteiger partial charge on any atom is -0.347 e. The number of hydrogen-bond donors (Lipinski definition) is 2. The van der Waals surface area contributed by atoms with Crippen molar-refractivity contribution in [3.63, 3.8) is 0 Å². The fourth-order valence-electron chi connectivity index (χ4n) is 2.06. The van der Waals surface area contributed by atoms with E-state index in [0.717, 1.165) is 18.8 Å². The summed E-state index contributed by atoms with van der Waals surface area (Å²) in [5.41, 5.74) is 4.01. The maximum atomic E-state index is 4.31. The Morgan fingerprint density at radius 1 is 1.28 bits per heavy atom. The second-order valence-electron chi connectivity index (χ2n) is 4.73. The zero-order valence-electron chi connectivity index (χ0n) is 11.3. The lowest BCUT2D eigenvalue weighted by Gasteiger charge is -2.15. The standard InChI is InChI=1S/C15H21N3/c1-4-14(15-16-7-8-17-15)18-10-13-6-5-11(2)12(3)9-13/h5-9,14,18H,4,10H2,1-3H3,(H,16,17). The molecule has 3 nitrogen and oxygen atoms in total. The van der Waals surface area contributed by atoms with Crippen molar-refractivity contribution in [1.29, 1.82) is 0 Å². The van der Waals surface area contributed by atoms with Crippen molar-refractivity contribution in [2.24, 2.45) is 0 Å². The third kappa shape index (κ3) is 2.99. The third-order valence-corrected chi connectivity index (χ3v) is 3.38. The average molecular weight is 243 g/mol. The molecule has 2 rings (SSSR count). The fraction of sp³-hybridized carbons (Fsp3) is 0.400. The normalized spacial score (nSPS) is 12.6. The van der Waals surface area contributed by atoms with Gasteiger partial charge in [0.25, 0.3) is 0 Å². The number of aromatic nitrogens is 2. The van der Waals surface area contributed by atoms with Gasteiger partial charge in [-0.25, -0.2) is 4.98 Å². The van der Waals surface area contributed by atoms with Crippen LogP contribution in [0, 0.1) is 13.8 Å². The molecule has 0 bridgehead atoms. The highest BCUT2D eigenvalue weighted by Gasteiger charge is 2.10. The maximum absolute atomic E-state index is 4.31. The number of benzene rings is 1. The van der Waals surface area contributed by atoms with Crippen LogP contribution in [0.25, 0.3) is 0 Å². The van der Waals surface area contributed by atoms with E-state index in [9.17, 15) is 0 Å². The van der Waals surface area contributed by atoms with Crippen molar-refractivity contribution < 1.29 is 0 Å². The molecule has 0 saturated heterocycles. The van der Waals surface area contributed by atoms with Crippen molar-refractivity contribution in [2.75, 3.05) is 0 Å². The average Bonchev–Trinajstić information content (AvgIpc) is 2.88. The van der Waals surface area contributed by atoms with E-state index in [0.29, 0.717) is 6.04 Å². The van der Waals surface area contributed by atoms with Gasteiger partial charge in [0.1, 0.15) is 5.82 Å². The first kappa shape index (κ1) is 12.8. The molecule has 1 atom stereocenters. The van der Waals surface area contributed by atoms with Gasteiger partial charge in [-0.15, -0.1) is 0 Å². The van der Waals surface area contributed by atoms with Gasteiger partial charge in [0.2, 0.25) is 0 Å². The molecular formula is C15H21N3. The second kappa shape index (κ2) is 5.83. The smallest absolute Gasteiger partial charge is 0.123 e. The molecule has 96 valence electrons. The number of hydrogen-bond acceptors (Lipinski definition) is 2. The van der Waals surface area contributed by atoms with Crippen molar-refractivity contribution in [3.8, 4) is 0 Å². The molecule has 1 aromatic heterocycles. The lowest BCUT2D eigenvalue weighted by atomic mass is 10.1. The summed E-state index contributed by atoms with van der Waals surface area (Å²) in [6, 6.07) is 6.91. The van der Waals surface area contributed by atoms with Crippen molar-refractivity contribution >= 4 is 0 Å². The predicted octanol–water partition coefficient (Wildman–Crippen LogP) is 3.27. The zero-order valence-corrected chi connectivity index (χ0v) is 11.3. The largest absolute Gasteiger partial charge is 0.347 e. The van der Waals surface area contributed by atoms with Gasteiger partial charge in [0, 0.05) is 18.9 Å². The fourth-order valence-corrected chi connectivity index (χ4v) is 2.06. The molecule has 1 heterocycles. The van der Waals surface area contributed by atoms with E-state index in [1.165, 1.54) is 16.7 Å². The van der Waals surface area contributed by atoms with Crippen molar-refractivity contribution in [1.82, 2.24) is 15.3 Å². The van der Waals surface area contributed by atoms with E-state index in [1.807, 2.05) is 6.20 Å². The molecule has 0 aliphatic rings. The number of rotatable bonds is 5. The van der Waals surface area contributed by atoms with Crippen LogP contribution in [-0.2, 0) is 6.54 Å². The monoisotopic (exact) mass is 243 g/mol. The minimum absolute atomic E-state index is 0.293. The highest BCUT2D eigenvalue weighted by molar-refractivity contribution is 5.29. The van der Waals surface area contributed by atoms with Crippen molar-refractivity contribution in [3.05, 3.63) is 53.1 Å². The van der Waals surface area contributed by atoms with Crippen LogP contribution in [0.15, 0.2) is 30.6 Å². The Kier molecular flexibility index (Phi) is 4.15. The summed E-state index contributed by atoms with van der Waals surface area (Å²) in [4.78, 5) is 7.48. The van der Waals surface area contributed by atoms with E-state index in [4.69, 9.17) is 0 Å².